The first-order valence-electron chi connectivity index (χ1n) is 10.1. The smallest absolute Gasteiger partial charge is 0.306 e. The Hall–Kier alpha value is -2.04. The van der Waals surface area contributed by atoms with E-state index >= 15 is 0 Å². The maximum Gasteiger partial charge on any atom is 0.306 e. The Morgan fingerprint density at radius 1 is 1.19 bits per heavy atom. The van der Waals surface area contributed by atoms with Crippen LogP contribution in [0.1, 0.15) is 68.9 Å². The maximum atomic E-state index is 12.1. The molecule has 3 aliphatic carbocycles. The summed E-state index contributed by atoms with van der Waals surface area (Å²) in [6.45, 7) is 2.27. The zero-order chi connectivity index (χ0) is 19.2. The predicted octanol–water partition coefficient (Wildman–Crippen LogP) is 4.02. The van der Waals surface area contributed by atoms with Gasteiger partial charge in [-0.3, -0.25) is 9.59 Å². The topological polar surface area (TPSA) is 83.8 Å². The highest BCUT2D eigenvalue weighted by Gasteiger charge is 2.56. The highest BCUT2D eigenvalue weighted by Crippen LogP contribution is 2.61. The monoisotopic (exact) mass is 372 g/mol. The van der Waals surface area contributed by atoms with Crippen molar-refractivity contribution in [2.45, 2.75) is 70.3 Å². The highest BCUT2D eigenvalue weighted by molar-refractivity contribution is 5.76. The fourth-order valence-corrected chi connectivity index (χ4v) is 6.14. The van der Waals surface area contributed by atoms with E-state index in [1.807, 2.05) is 6.07 Å². The molecule has 2 fully saturated rings. The Bertz CT molecular complexity index is 757. The third kappa shape index (κ3) is 3.21. The lowest BCUT2D eigenvalue weighted by Crippen LogP contribution is -2.45. The number of fused-ring (bicyclic) bond motifs is 5. The number of aliphatic carboxylic acids is 1. The number of hydrogen-bond acceptors (Lipinski definition) is 4. The summed E-state index contributed by atoms with van der Waals surface area (Å²) in [5, 5.41) is 18.6. The Kier molecular flexibility index (Phi) is 4.65. The van der Waals surface area contributed by atoms with E-state index in [2.05, 4.69) is 13.0 Å². The van der Waals surface area contributed by atoms with Gasteiger partial charge in [0, 0.05) is 5.41 Å². The van der Waals surface area contributed by atoms with Crippen LogP contribution in [-0.2, 0) is 20.7 Å². The minimum absolute atomic E-state index is 0.00548. The first-order valence-corrected chi connectivity index (χ1v) is 10.1. The lowest BCUT2D eigenvalue weighted by atomic mass is 9.55. The molecule has 0 saturated heterocycles. The highest BCUT2D eigenvalue weighted by atomic mass is 16.5. The van der Waals surface area contributed by atoms with Crippen LogP contribution in [0.3, 0.4) is 0 Å². The largest absolute Gasteiger partial charge is 0.508 e. The van der Waals surface area contributed by atoms with Crippen LogP contribution in [0.25, 0.3) is 0 Å². The molecule has 0 aromatic heterocycles. The number of benzene rings is 1. The normalized spacial score (nSPS) is 34.3. The molecule has 146 valence electrons. The Balaban J connectivity index is 1.49. The number of carboxylic acids is 1. The molecule has 5 atom stereocenters. The van der Waals surface area contributed by atoms with E-state index in [9.17, 15) is 14.7 Å². The molecule has 5 heteroatoms. The standard InChI is InChI=1S/C22H28O5/c1-22-11-10-16-15-5-3-14(23)12-13(15)2-4-17(16)18(22)6-7-19(22)27-21(26)9-8-20(24)25/h3,5,12,16-19,23H,2,4,6-11H2,1H3,(H,24,25)/t16-,17-,18+,19+,22-/m0/s1. The van der Waals surface area contributed by atoms with Crippen molar-refractivity contribution >= 4 is 11.9 Å². The second-order valence-electron chi connectivity index (χ2n) is 8.79. The number of phenols is 1. The number of rotatable bonds is 4. The molecular weight excluding hydrogens is 344 g/mol. The predicted molar refractivity (Wildman–Crippen MR) is 99.5 cm³/mol. The van der Waals surface area contributed by atoms with Gasteiger partial charge in [-0.05, 0) is 79.5 Å². The van der Waals surface area contributed by atoms with E-state index in [1.54, 1.807) is 6.07 Å². The third-order valence-electron chi connectivity index (χ3n) is 7.44. The van der Waals surface area contributed by atoms with Gasteiger partial charge in [-0.1, -0.05) is 13.0 Å². The molecule has 27 heavy (non-hydrogen) atoms. The number of hydrogen-bond donors (Lipinski definition) is 2. The average molecular weight is 372 g/mol. The van der Waals surface area contributed by atoms with Gasteiger partial charge in [0.05, 0.1) is 12.8 Å². The Morgan fingerprint density at radius 2 is 2.00 bits per heavy atom. The van der Waals surface area contributed by atoms with Crippen LogP contribution < -0.4 is 0 Å². The van der Waals surface area contributed by atoms with Gasteiger partial charge >= 0.3 is 11.9 Å². The number of ether oxygens (including phenoxy) is 1. The molecule has 0 radical (unpaired) electrons. The molecule has 0 amide bonds. The van der Waals surface area contributed by atoms with E-state index in [4.69, 9.17) is 9.84 Å². The second-order valence-corrected chi connectivity index (χ2v) is 8.79. The minimum Gasteiger partial charge on any atom is -0.508 e. The van der Waals surface area contributed by atoms with Gasteiger partial charge < -0.3 is 14.9 Å². The second kappa shape index (κ2) is 6.84. The first-order chi connectivity index (χ1) is 12.9. The average Bonchev–Trinajstić information content (AvgIpc) is 2.96. The van der Waals surface area contributed by atoms with Crippen LogP contribution in [-0.4, -0.2) is 28.3 Å². The van der Waals surface area contributed by atoms with Crippen LogP contribution in [0.4, 0.5) is 0 Å². The fraction of sp³-hybridized carbons (Fsp3) is 0.636. The van der Waals surface area contributed by atoms with E-state index in [0.29, 0.717) is 23.5 Å². The lowest BCUT2D eigenvalue weighted by Gasteiger charge is -2.50. The van der Waals surface area contributed by atoms with Crippen LogP contribution in [0, 0.1) is 17.3 Å². The van der Waals surface area contributed by atoms with E-state index < -0.39 is 5.97 Å². The molecule has 0 heterocycles. The number of esters is 1. The third-order valence-corrected chi connectivity index (χ3v) is 7.44. The quantitative estimate of drug-likeness (QED) is 0.780. The number of carboxylic acid groups (broad SMARTS) is 1. The molecule has 1 aromatic rings. The van der Waals surface area contributed by atoms with Crippen LogP contribution in [0.15, 0.2) is 18.2 Å². The van der Waals surface area contributed by atoms with Crippen molar-refractivity contribution in [2.75, 3.05) is 0 Å². The first kappa shape index (κ1) is 18.3. The summed E-state index contributed by atoms with van der Waals surface area (Å²) in [4.78, 5) is 22.8. The van der Waals surface area contributed by atoms with Crippen molar-refractivity contribution in [3.8, 4) is 5.75 Å². The van der Waals surface area contributed by atoms with Crippen molar-refractivity contribution in [3.63, 3.8) is 0 Å². The van der Waals surface area contributed by atoms with Gasteiger partial charge in [0.1, 0.15) is 11.9 Å². The van der Waals surface area contributed by atoms with Crippen molar-refractivity contribution in [3.05, 3.63) is 29.3 Å². The van der Waals surface area contributed by atoms with E-state index in [-0.39, 0.29) is 30.3 Å². The zero-order valence-electron chi connectivity index (χ0n) is 15.8. The van der Waals surface area contributed by atoms with E-state index in [1.165, 1.54) is 11.1 Å². The lowest BCUT2D eigenvalue weighted by molar-refractivity contribution is -0.159. The summed E-state index contributed by atoms with van der Waals surface area (Å²) in [5.41, 5.74) is 2.68. The Morgan fingerprint density at radius 3 is 2.78 bits per heavy atom. The summed E-state index contributed by atoms with van der Waals surface area (Å²) in [6.07, 6.45) is 5.88. The Labute approximate surface area is 159 Å². The van der Waals surface area contributed by atoms with Gasteiger partial charge in [-0.15, -0.1) is 0 Å². The van der Waals surface area contributed by atoms with Crippen molar-refractivity contribution in [1.29, 1.82) is 0 Å². The van der Waals surface area contributed by atoms with Gasteiger partial charge in [0.25, 0.3) is 0 Å². The number of phenolic OH excluding ortho intramolecular Hbond substituents is 1. The number of carbonyl (C=O) groups excluding carboxylic acids is 1. The van der Waals surface area contributed by atoms with Gasteiger partial charge in [0.15, 0.2) is 0 Å². The van der Waals surface area contributed by atoms with Gasteiger partial charge in [-0.25, -0.2) is 0 Å². The van der Waals surface area contributed by atoms with Crippen molar-refractivity contribution in [1.82, 2.24) is 0 Å². The van der Waals surface area contributed by atoms with Crippen LogP contribution >= 0.6 is 0 Å². The molecule has 5 nitrogen and oxygen atoms in total. The number of carbonyl (C=O) groups is 2. The number of aryl methyl sites for hydroxylation is 1. The summed E-state index contributed by atoms with van der Waals surface area (Å²) in [5.74, 6) is 0.681. The molecule has 2 saturated carbocycles. The molecule has 0 aliphatic heterocycles. The summed E-state index contributed by atoms with van der Waals surface area (Å²) >= 11 is 0. The molecule has 0 bridgehead atoms. The zero-order valence-corrected chi connectivity index (χ0v) is 15.8. The van der Waals surface area contributed by atoms with Crippen LogP contribution in [0.5, 0.6) is 5.75 Å². The SMILES string of the molecule is C[C@]12CC[C@H]3c4ccc(O)cc4CC[C@@H]3[C@H]1CC[C@H]2OC(=O)CCC(=O)O. The van der Waals surface area contributed by atoms with Crippen molar-refractivity contribution < 1.29 is 24.5 Å². The van der Waals surface area contributed by atoms with Gasteiger partial charge in [-0.2, -0.15) is 0 Å². The summed E-state index contributed by atoms with van der Waals surface area (Å²) in [7, 11) is 0. The van der Waals surface area contributed by atoms with Crippen molar-refractivity contribution in [2.24, 2.45) is 17.3 Å². The van der Waals surface area contributed by atoms with Crippen LogP contribution in [0.2, 0.25) is 0 Å². The molecule has 4 rings (SSSR count). The summed E-state index contributed by atoms with van der Waals surface area (Å²) < 4.78 is 5.76. The molecule has 2 N–H and O–H groups in total. The molecule has 1 aromatic carbocycles. The summed E-state index contributed by atoms with van der Waals surface area (Å²) in [6, 6.07) is 5.82. The number of aromatic hydroxyl groups is 1. The molecule has 0 unspecified atom stereocenters. The molecule has 3 aliphatic rings. The maximum absolute atomic E-state index is 12.1. The fourth-order valence-electron chi connectivity index (χ4n) is 6.14. The van der Waals surface area contributed by atoms with Gasteiger partial charge in [0.2, 0.25) is 0 Å². The van der Waals surface area contributed by atoms with E-state index in [0.717, 1.165) is 38.5 Å². The minimum atomic E-state index is -0.963. The molecular formula is C22H28O5. The molecule has 0 spiro atoms.